The first-order valence-corrected chi connectivity index (χ1v) is 15.3. The second-order valence-corrected chi connectivity index (χ2v) is 12.1. The molecule has 4 nitrogen and oxygen atoms in total. The molecule has 0 amide bonds. The van der Waals surface area contributed by atoms with E-state index >= 15 is 0 Å². The molecule has 0 bridgehead atoms. The lowest BCUT2D eigenvalue weighted by molar-refractivity contribution is 1.04. The predicted molar refractivity (Wildman–Crippen MR) is 180 cm³/mol. The summed E-state index contributed by atoms with van der Waals surface area (Å²) in [6.45, 7) is 0. The van der Waals surface area contributed by atoms with Crippen LogP contribution in [0.5, 0.6) is 0 Å². The van der Waals surface area contributed by atoms with Gasteiger partial charge in [0, 0.05) is 31.8 Å². The van der Waals surface area contributed by atoms with E-state index in [0.717, 1.165) is 43.8 Å². The highest BCUT2D eigenvalue weighted by molar-refractivity contribution is 7.26. The Kier molecular flexibility index (Phi) is 4.57. The number of anilines is 3. The molecule has 1 aliphatic heterocycles. The fourth-order valence-corrected chi connectivity index (χ4v) is 8.06. The minimum atomic E-state index is 0.669. The summed E-state index contributed by atoms with van der Waals surface area (Å²) in [6.07, 6.45) is 0. The third-order valence-corrected chi connectivity index (χ3v) is 9.90. The molecule has 9 aromatic rings. The van der Waals surface area contributed by atoms with Crippen LogP contribution in [0.25, 0.3) is 69.8 Å². The van der Waals surface area contributed by atoms with Gasteiger partial charge in [-0.2, -0.15) is 4.98 Å². The van der Waals surface area contributed by atoms with Crippen LogP contribution in [-0.4, -0.2) is 14.5 Å². The van der Waals surface area contributed by atoms with E-state index in [-0.39, 0.29) is 0 Å². The molecule has 4 heterocycles. The Morgan fingerprint density at radius 3 is 1.95 bits per heavy atom. The van der Waals surface area contributed by atoms with Crippen molar-refractivity contribution in [3.63, 3.8) is 0 Å². The summed E-state index contributed by atoms with van der Waals surface area (Å²) in [7, 11) is 0. The normalized spacial score (nSPS) is 12.6. The molecule has 0 unspecified atom stereocenters. The van der Waals surface area contributed by atoms with E-state index in [1.807, 2.05) is 0 Å². The van der Waals surface area contributed by atoms with E-state index < -0.39 is 0 Å². The molecule has 0 aliphatic carbocycles. The number of rotatable bonds is 2. The summed E-state index contributed by atoms with van der Waals surface area (Å²) in [5, 5.41) is 6.02. The molecule has 1 aliphatic rings. The highest BCUT2D eigenvalue weighted by Crippen LogP contribution is 2.51. The van der Waals surface area contributed by atoms with Gasteiger partial charge in [0.05, 0.1) is 32.6 Å². The van der Waals surface area contributed by atoms with Gasteiger partial charge in [-0.1, -0.05) is 103 Å². The topological polar surface area (TPSA) is 34.0 Å². The van der Waals surface area contributed by atoms with Gasteiger partial charge in [0.15, 0.2) is 5.82 Å². The standard InChI is InChI=1S/C38H22N4S/c1-5-18-29-24(13-1)25-14-2-6-19-30(25)41(29)37-36-35(28-16-4-8-22-33(28)43-36)39-38(40-37)42-31-20-7-3-15-26(31)27-17-9-11-23-12-10-21-32(42)34(23)27/h1-22H. The van der Waals surface area contributed by atoms with Crippen molar-refractivity contribution in [2.75, 3.05) is 4.90 Å². The fraction of sp³-hybridized carbons (Fsp3) is 0. The van der Waals surface area contributed by atoms with Gasteiger partial charge < -0.3 is 0 Å². The Morgan fingerprint density at radius 2 is 1.14 bits per heavy atom. The van der Waals surface area contributed by atoms with Crippen molar-refractivity contribution in [1.29, 1.82) is 0 Å². The summed E-state index contributed by atoms with van der Waals surface area (Å²) in [4.78, 5) is 13.2. The largest absolute Gasteiger partial charge is 0.292 e. The maximum atomic E-state index is 5.51. The Balaban J connectivity index is 1.38. The van der Waals surface area contributed by atoms with E-state index in [2.05, 4.69) is 143 Å². The van der Waals surface area contributed by atoms with E-state index in [4.69, 9.17) is 9.97 Å². The first-order valence-electron chi connectivity index (χ1n) is 14.4. The molecule has 0 saturated heterocycles. The van der Waals surface area contributed by atoms with Gasteiger partial charge in [0.25, 0.3) is 0 Å². The van der Waals surface area contributed by atoms with E-state index in [0.29, 0.717) is 5.95 Å². The van der Waals surface area contributed by atoms with Crippen molar-refractivity contribution in [3.05, 3.63) is 133 Å². The Bertz CT molecular complexity index is 2530. The summed E-state index contributed by atoms with van der Waals surface area (Å²) in [5.41, 5.74) is 7.86. The molecular formula is C38H22N4S. The highest BCUT2D eigenvalue weighted by atomic mass is 32.1. The lowest BCUT2D eigenvalue weighted by atomic mass is 9.91. The van der Waals surface area contributed by atoms with Crippen LogP contribution in [0.15, 0.2) is 133 Å². The number of para-hydroxylation sites is 3. The van der Waals surface area contributed by atoms with Crippen LogP contribution in [0.4, 0.5) is 17.3 Å². The van der Waals surface area contributed by atoms with Gasteiger partial charge in [-0.15, -0.1) is 11.3 Å². The molecule has 0 spiro atoms. The van der Waals surface area contributed by atoms with E-state index in [1.54, 1.807) is 11.3 Å². The monoisotopic (exact) mass is 566 g/mol. The van der Waals surface area contributed by atoms with E-state index in [9.17, 15) is 0 Å². The zero-order valence-corrected chi connectivity index (χ0v) is 23.7. The maximum Gasteiger partial charge on any atom is 0.237 e. The quantitative estimate of drug-likeness (QED) is 0.209. The summed E-state index contributed by atoms with van der Waals surface area (Å²) >= 11 is 1.76. The van der Waals surface area contributed by atoms with Gasteiger partial charge in [0.2, 0.25) is 5.95 Å². The lowest BCUT2D eigenvalue weighted by Gasteiger charge is -2.32. The van der Waals surface area contributed by atoms with Crippen molar-refractivity contribution in [2.45, 2.75) is 0 Å². The molecule has 200 valence electrons. The molecule has 0 radical (unpaired) electrons. The zero-order chi connectivity index (χ0) is 28.1. The smallest absolute Gasteiger partial charge is 0.237 e. The van der Waals surface area contributed by atoms with Crippen molar-refractivity contribution in [1.82, 2.24) is 14.5 Å². The molecule has 0 saturated carbocycles. The van der Waals surface area contributed by atoms with Crippen LogP contribution in [0.1, 0.15) is 0 Å². The van der Waals surface area contributed by atoms with Crippen LogP contribution in [0, 0.1) is 0 Å². The van der Waals surface area contributed by atoms with Crippen LogP contribution in [-0.2, 0) is 0 Å². The van der Waals surface area contributed by atoms with Crippen LogP contribution in [0.2, 0.25) is 0 Å². The number of fused-ring (bicyclic) bond motifs is 8. The second-order valence-electron chi connectivity index (χ2n) is 11.0. The number of nitrogens with zero attached hydrogens (tertiary/aromatic N) is 4. The van der Waals surface area contributed by atoms with Gasteiger partial charge in [-0.25, -0.2) is 4.98 Å². The zero-order valence-electron chi connectivity index (χ0n) is 22.9. The first kappa shape index (κ1) is 23.1. The van der Waals surface area contributed by atoms with Crippen LogP contribution < -0.4 is 4.90 Å². The third kappa shape index (κ3) is 3.09. The van der Waals surface area contributed by atoms with Gasteiger partial charge in [0.1, 0.15) is 0 Å². The predicted octanol–water partition coefficient (Wildman–Crippen LogP) is 10.5. The molecule has 6 aromatic carbocycles. The minimum Gasteiger partial charge on any atom is -0.292 e. The van der Waals surface area contributed by atoms with Crippen LogP contribution in [0.3, 0.4) is 0 Å². The Labute approximate surface area is 250 Å². The lowest BCUT2D eigenvalue weighted by Crippen LogP contribution is -2.18. The van der Waals surface area contributed by atoms with Crippen molar-refractivity contribution in [3.8, 4) is 16.9 Å². The van der Waals surface area contributed by atoms with Crippen molar-refractivity contribution < 1.29 is 0 Å². The van der Waals surface area contributed by atoms with Crippen molar-refractivity contribution in [2.24, 2.45) is 0 Å². The van der Waals surface area contributed by atoms with Crippen molar-refractivity contribution >= 4 is 81.5 Å². The molecule has 10 rings (SSSR count). The fourth-order valence-electron chi connectivity index (χ4n) is 6.94. The van der Waals surface area contributed by atoms with E-state index in [1.165, 1.54) is 37.4 Å². The SMILES string of the molecule is c1ccc2c(c1)-c1cccc3cccc(c13)N2c1nc(-n2c3ccccc3c3ccccc32)c2sc3ccccc3c2n1. The van der Waals surface area contributed by atoms with Gasteiger partial charge in [-0.3, -0.25) is 9.47 Å². The molecule has 0 atom stereocenters. The number of aromatic nitrogens is 3. The molecular weight excluding hydrogens is 545 g/mol. The summed E-state index contributed by atoms with van der Waals surface area (Å²) in [5.74, 6) is 1.57. The Morgan fingerprint density at radius 1 is 0.512 bits per heavy atom. The number of thiophene rings is 1. The van der Waals surface area contributed by atoms with Gasteiger partial charge >= 0.3 is 0 Å². The average Bonchev–Trinajstić information content (AvgIpc) is 3.61. The number of hydrogen-bond donors (Lipinski definition) is 0. The molecule has 0 N–H and O–H groups in total. The number of hydrogen-bond acceptors (Lipinski definition) is 4. The minimum absolute atomic E-state index is 0.669. The molecule has 0 fully saturated rings. The average molecular weight is 567 g/mol. The molecule has 43 heavy (non-hydrogen) atoms. The summed E-state index contributed by atoms with van der Waals surface area (Å²) < 4.78 is 4.62. The second kappa shape index (κ2) is 8.51. The maximum absolute atomic E-state index is 5.51. The van der Waals surface area contributed by atoms with Crippen LogP contribution >= 0.6 is 11.3 Å². The molecule has 3 aromatic heterocycles. The first-order chi connectivity index (χ1) is 21.3. The molecule has 5 heteroatoms. The Hall–Kier alpha value is -5.52. The number of benzene rings is 6. The summed E-state index contributed by atoms with van der Waals surface area (Å²) in [6, 6.07) is 47.5. The third-order valence-electron chi connectivity index (χ3n) is 8.74. The van der Waals surface area contributed by atoms with Gasteiger partial charge in [-0.05, 0) is 41.3 Å². The highest BCUT2D eigenvalue weighted by Gasteiger charge is 2.29.